The van der Waals surface area contributed by atoms with Gasteiger partial charge in [-0.2, -0.15) is 0 Å². The van der Waals surface area contributed by atoms with E-state index in [0.29, 0.717) is 10.5 Å². The second-order valence-corrected chi connectivity index (χ2v) is 4.73. The Kier molecular flexibility index (Phi) is 3.23. The van der Waals surface area contributed by atoms with E-state index in [1.165, 1.54) is 0 Å². The highest BCUT2D eigenvalue weighted by molar-refractivity contribution is 9.10. The van der Waals surface area contributed by atoms with E-state index in [1.807, 2.05) is 6.07 Å². The highest BCUT2D eigenvalue weighted by atomic mass is 79.9. The SMILES string of the molecule is CN1CCNC(c2c[nH]c(=O)c(Br)c2)C1. The Hall–Kier alpha value is -0.650. The van der Waals surface area contributed by atoms with Crippen LogP contribution in [-0.4, -0.2) is 36.6 Å². The first-order chi connectivity index (χ1) is 7.16. The summed E-state index contributed by atoms with van der Waals surface area (Å²) in [6, 6.07) is 2.19. The monoisotopic (exact) mass is 271 g/mol. The molecule has 1 fully saturated rings. The summed E-state index contributed by atoms with van der Waals surface area (Å²) in [7, 11) is 2.11. The highest BCUT2D eigenvalue weighted by Gasteiger charge is 2.18. The van der Waals surface area contributed by atoms with Gasteiger partial charge in [0.2, 0.25) is 0 Å². The van der Waals surface area contributed by atoms with Crippen molar-refractivity contribution >= 4 is 15.9 Å². The first-order valence-corrected chi connectivity index (χ1v) is 5.76. The molecule has 1 aromatic heterocycles. The van der Waals surface area contributed by atoms with Gasteiger partial charge in [0.15, 0.2) is 0 Å². The standard InChI is InChI=1S/C10H14BrN3O/c1-14-3-2-12-9(6-14)7-4-8(11)10(15)13-5-7/h4-5,9,12H,2-3,6H2,1H3,(H,13,15). The van der Waals surface area contributed by atoms with E-state index in [-0.39, 0.29) is 5.56 Å². The number of aromatic nitrogens is 1. The molecule has 5 heteroatoms. The van der Waals surface area contributed by atoms with Gasteiger partial charge in [-0.25, -0.2) is 0 Å². The van der Waals surface area contributed by atoms with Crippen molar-refractivity contribution in [3.05, 3.63) is 32.7 Å². The predicted molar refractivity (Wildman–Crippen MR) is 63.0 cm³/mol. The van der Waals surface area contributed by atoms with Crippen LogP contribution < -0.4 is 10.9 Å². The minimum atomic E-state index is -0.0806. The molecule has 15 heavy (non-hydrogen) atoms. The molecule has 2 rings (SSSR count). The molecule has 1 aliphatic heterocycles. The lowest BCUT2D eigenvalue weighted by molar-refractivity contribution is 0.240. The van der Waals surface area contributed by atoms with E-state index in [0.717, 1.165) is 25.2 Å². The Labute approximate surface area is 96.8 Å². The number of likely N-dealkylation sites (N-methyl/N-ethyl adjacent to an activating group) is 1. The summed E-state index contributed by atoms with van der Waals surface area (Å²) in [6.45, 7) is 3.03. The Morgan fingerprint density at radius 2 is 2.40 bits per heavy atom. The van der Waals surface area contributed by atoms with Gasteiger partial charge in [0.05, 0.1) is 4.47 Å². The molecule has 2 N–H and O–H groups in total. The molecule has 0 spiro atoms. The Balaban J connectivity index is 2.21. The number of rotatable bonds is 1. The number of pyridine rings is 1. The summed E-state index contributed by atoms with van der Waals surface area (Å²) in [4.78, 5) is 16.2. The van der Waals surface area contributed by atoms with Crippen LogP contribution in [0.4, 0.5) is 0 Å². The molecule has 0 radical (unpaired) electrons. The van der Waals surface area contributed by atoms with E-state index < -0.39 is 0 Å². The van der Waals surface area contributed by atoms with Gasteiger partial charge in [0.25, 0.3) is 5.56 Å². The average molecular weight is 272 g/mol. The largest absolute Gasteiger partial charge is 0.328 e. The lowest BCUT2D eigenvalue weighted by Crippen LogP contribution is -2.43. The van der Waals surface area contributed by atoms with Crippen molar-refractivity contribution in [3.8, 4) is 0 Å². The third-order valence-electron chi connectivity index (χ3n) is 2.66. The molecule has 82 valence electrons. The Morgan fingerprint density at radius 1 is 1.60 bits per heavy atom. The molecule has 1 aliphatic rings. The quantitative estimate of drug-likeness (QED) is 0.791. The van der Waals surface area contributed by atoms with Crippen LogP contribution in [-0.2, 0) is 0 Å². The molecular weight excluding hydrogens is 258 g/mol. The first-order valence-electron chi connectivity index (χ1n) is 4.97. The Morgan fingerprint density at radius 3 is 3.07 bits per heavy atom. The van der Waals surface area contributed by atoms with E-state index in [1.54, 1.807) is 6.20 Å². The van der Waals surface area contributed by atoms with E-state index in [2.05, 4.69) is 38.2 Å². The van der Waals surface area contributed by atoms with Crippen molar-refractivity contribution in [2.45, 2.75) is 6.04 Å². The van der Waals surface area contributed by atoms with Crippen LogP contribution in [0.25, 0.3) is 0 Å². The lowest BCUT2D eigenvalue weighted by Gasteiger charge is -2.31. The van der Waals surface area contributed by atoms with Crippen LogP contribution in [0, 0.1) is 0 Å². The summed E-state index contributed by atoms with van der Waals surface area (Å²) in [5.74, 6) is 0. The number of halogens is 1. The number of nitrogens with zero attached hydrogens (tertiary/aromatic N) is 1. The molecule has 0 bridgehead atoms. The van der Waals surface area contributed by atoms with Gasteiger partial charge in [-0.1, -0.05) is 0 Å². The Bertz CT molecular complexity index is 404. The number of H-pyrrole nitrogens is 1. The summed E-state index contributed by atoms with van der Waals surface area (Å²) in [5, 5.41) is 3.43. The molecule has 1 saturated heterocycles. The second kappa shape index (κ2) is 4.47. The summed E-state index contributed by atoms with van der Waals surface area (Å²) < 4.78 is 0.593. The smallest absolute Gasteiger partial charge is 0.262 e. The summed E-state index contributed by atoms with van der Waals surface area (Å²) >= 11 is 3.24. The molecule has 1 aromatic rings. The van der Waals surface area contributed by atoms with E-state index in [4.69, 9.17) is 0 Å². The molecule has 0 aromatic carbocycles. The van der Waals surface area contributed by atoms with Crippen molar-refractivity contribution in [3.63, 3.8) is 0 Å². The number of hydrogen-bond acceptors (Lipinski definition) is 3. The maximum absolute atomic E-state index is 11.2. The van der Waals surface area contributed by atoms with Crippen LogP contribution in [0.2, 0.25) is 0 Å². The number of nitrogens with one attached hydrogen (secondary N) is 2. The van der Waals surface area contributed by atoms with Gasteiger partial charge < -0.3 is 15.2 Å². The van der Waals surface area contributed by atoms with E-state index >= 15 is 0 Å². The fourth-order valence-corrected chi connectivity index (χ4v) is 2.17. The summed E-state index contributed by atoms with van der Waals surface area (Å²) in [6.07, 6.45) is 1.78. The van der Waals surface area contributed by atoms with Gasteiger partial charge in [-0.3, -0.25) is 4.79 Å². The van der Waals surface area contributed by atoms with Crippen LogP contribution in [0.5, 0.6) is 0 Å². The third kappa shape index (κ3) is 2.48. The molecule has 4 nitrogen and oxygen atoms in total. The highest BCUT2D eigenvalue weighted by Crippen LogP contribution is 2.17. The lowest BCUT2D eigenvalue weighted by atomic mass is 10.1. The maximum atomic E-state index is 11.2. The van der Waals surface area contributed by atoms with Crippen LogP contribution in [0.15, 0.2) is 21.5 Å². The molecular formula is C10H14BrN3O. The van der Waals surface area contributed by atoms with Crippen molar-refractivity contribution in [2.24, 2.45) is 0 Å². The number of hydrogen-bond donors (Lipinski definition) is 2. The summed E-state index contributed by atoms with van der Waals surface area (Å²) in [5.41, 5.74) is 1.04. The fraction of sp³-hybridized carbons (Fsp3) is 0.500. The topological polar surface area (TPSA) is 48.1 Å². The zero-order valence-electron chi connectivity index (χ0n) is 8.59. The fourth-order valence-electron chi connectivity index (χ4n) is 1.79. The first kappa shape index (κ1) is 10.9. The third-order valence-corrected chi connectivity index (χ3v) is 3.25. The van der Waals surface area contributed by atoms with Crippen LogP contribution in [0.1, 0.15) is 11.6 Å². The van der Waals surface area contributed by atoms with Crippen LogP contribution >= 0.6 is 15.9 Å². The maximum Gasteiger partial charge on any atom is 0.262 e. The molecule has 0 saturated carbocycles. The van der Waals surface area contributed by atoms with Gasteiger partial charge in [-0.15, -0.1) is 0 Å². The van der Waals surface area contributed by atoms with Crippen molar-refractivity contribution in [2.75, 3.05) is 26.7 Å². The second-order valence-electron chi connectivity index (χ2n) is 3.88. The minimum absolute atomic E-state index is 0.0806. The zero-order chi connectivity index (χ0) is 10.8. The van der Waals surface area contributed by atoms with Gasteiger partial charge >= 0.3 is 0 Å². The molecule has 1 atom stereocenters. The number of aromatic amines is 1. The molecule has 0 amide bonds. The zero-order valence-corrected chi connectivity index (χ0v) is 10.2. The number of piperazine rings is 1. The average Bonchev–Trinajstić information content (AvgIpc) is 2.22. The minimum Gasteiger partial charge on any atom is -0.328 e. The molecule has 0 aliphatic carbocycles. The van der Waals surface area contributed by atoms with Gasteiger partial charge in [0.1, 0.15) is 0 Å². The molecule has 2 heterocycles. The van der Waals surface area contributed by atoms with Crippen molar-refractivity contribution in [1.82, 2.24) is 15.2 Å². The normalized spacial score (nSPS) is 22.9. The predicted octanol–water partition coefficient (Wildman–Crippen LogP) is 0.713. The van der Waals surface area contributed by atoms with Crippen molar-refractivity contribution < 1.29 is 0 Å². The van der Waals surface area contributed by atoms with Gasteiger partial charge in [0, 0.05) is 31.9 Å². The van der Waals surface area contributed by atoms with Gasteiger partial charge in [-0.05, 0) is 34.6 Å². The molecule has 1 unspecified atom stereocenters. The van der Waals surface area contributed by atoms with E-state index in [9.17, 15) is 4.79 Å². The van der Waals surface area contributed by atoms with Crippen molar-refractivity contribution in [1.29, 1.82) is 0 Å². The van der Waals surface area contributed by atoms with Crippen LogP contribution in [0.3, 0.4) is 0 Å².